The van der Waals surface area contributed by atoms with Crippen molar-refractivity contribution in [2.24, 2.45) is 45.8 Å². The van der Waals surface area contributed by atoms with Gasteiger partial charge in [-0.25, -0.2) is 0 Å². The second kappa shape index (κ2) is 19.1. The lowest BCUT2D eigenvalue weighted by atomic mass is 9.37. The first-order valence-corrected chi connectivity index (χ1v) is 23.9. The largest absolute Gasteiger partial charge is 0.394 e. The van der Waals surface area contributed by atoms with Crippen LogP contribution >= 0.6 is 0 Å². The Kier molecular flexibility index (Phi) is 15.2. The van der Waals surface area contributed by atoms with Crippen LogP contribution in [0, 0.1) is 45.8 Å². The fourth-order valence-electron chi connectivity index (χ4n) is 14.6. The van der Waals surface area contributed by atoms with Gasteiger partial charge in [-0.1, -0.05) is 45.8 Å². The van der Waals surface area contributed by atoms with Gasteiger partial charge in [0.2, 0.25) is 0 Å². The maximum Gasteiger partial charge on any atom is 0.187 e. The van der Waals surface area contributed by atoms with Crippen LogP contribution in [0.3, 0.4) is 0 Å². The van der Waals surface area contributed by atoms with Crippen molar-refractivity contribution in [2.75, 3.05) is 13.2 Å². The molecule has 0 amide bonds. The molecule has 25 atom stereocenters. The minimum Gasteiger partial charge on any atom is -0.394 e. The first kappa shape index (κ1) is 50.9. The van der Waals surface area contributed by atoms with E-state index < -0.39 is 129 Å². The molecule has 7 aliphatic rings. The Hall–Kier alpha value is -0.940. The highest BCUT2D eigenvalue weighted by Crippen LogP contribution is 2.72. The standard InChI is InChI=1S/C47H80O17/c1-21(2)11-9-16-47(8,64-42-38(58)35(55)32(52)27(19-48)61-42)24-13-12-23-30(24)25(50)17-29-45(6)15-10-14-44(4,5)40(45)26(18-46(23,29)7)60-43-39(36(56)33(53)28(20-49)62-43)63-41-37(57)34(54)31(51)22(3)59-41/h11,22-43,48-58H,9-10,12-20H2,1-8H3/t22-,23+,24+,25?,26?,27-,28-,29+,30-,31-,32-,33-,34+,35+,36+,37+,38-,39-,40+,41?,42?,43?,45-,46-,47+/m1/s1. The molecule has 3 heterocycles. The van der Waals surface area contributed by atoms with E-state index in [1.807, 2.05) is 20.8 Å². The summed E-state index contributed by atoms with van der Waals surface area (Å²) in [7, 11) is 0. The van der Waals surface area contributed by atoms with E-state index in [9.17, 15) is 56.2 Å². The van der Waals surface area contributed by atoms with Gasteiger partial charge in [0.05, 0.1) is 37.1 Å². The van der Waals surface area contributed by atoms with E-state index in [1.54, 1.807) is 0 Å². The van der Waals surface area contributed by atoms with E-state index in [0.29, 0.717) is 32.1 Å². The summed E-state index contributed by atoms with van der Waals surface area (Å²) in [6.45, 7) is 15.4. The molecule has 370 valence electrons. The summed E-state index contributed by atoms with van der Waals surface area (Å²) in [5.41, 5.74) is -0.893. The third-order valence-electron chi connectivity index (χ3n) is 17.6. The summed E-state index contributed by atoms with van der Waals surface area (Å²) < 4.78 is 38.1. The van der Waals surface area contributed by atoms with Gasteiger partial charge in [-0.3, -0.25) is 0 Å². The quantitative estimate of drug-likeness (QED) is 0.0946. The normalized spacial score (nSPS) is 52.5. The van der Waals surface area contributed by atoms with Gasteiger partial charge in [-0.15, -0.1) is 0 Å². The van der Waals surface area contributed by atoms with Gasteiger partial charge in [0.25, 0.3) is 0 Å². The Balaban J connectivity index is 1.23. The summed E-state index contributed by atoms with van der Waals surface area (Å²) >= 11 is 0. The van der Waals surface area contributed by atoms with E-state index in [-0.39, 0.29) is 40.4 Å². The SMILES string of the molecule is CC(C)=CCC[C@](C)(OC1O[C@H](CO)[C@@H](O)[C@H](O)[C@H]1O)[C@H]1CC[C@H]2[C@H]1C(O)C[C@@H]1[C@]2(C)CC(OC2O[C@H](CO)[C@@H](O)[C@H](O)[C@H]2OC2O[C@H](C)[C@@H](O)[C@H](O)[C@@H]2O)[C@H]2C(C)(C)CCC[C@]12C. The van der Waals surface area contributed by atoms with Crippen molar-refractivity contribution in [3.63, 3.8) is 0 Å². The van der Waals surface area contributed by atoms with Crippen molar-refractivity contribution >= 4 is 0 Å². The number of rotatable bonds is 12. The molecule has 0 aromatic rings. The molecular weight excluding hydrogens is 836 g/mol. The Labute approximate surface area is 377 Å². The highest BCUT2D eigenvalue weighted by Gasteiger charge is 2.70. The zero-order valence-corrected chi connectivity index (χ0v) is 38.9. The van der Waals surface area contributed by atoms with E-state index in [1.165, 1.54) is 6.92 Å². The van der Waals surface area contributed by atoms with Gasteiger partial charge in [0, 0.05) is 0 Å². The summed E-state index contributed by atoms with van der Waals surface area (Å²) in [5.74, 6) is -0.522. The van der Waals surface area contributed by atoms with Gasteiger partial charge in [0.15, 0.2) is 18.9 Å². The van der Waals surface area contributed by atoms with Crippen molar-refractivity contribution < 1.29 is 84.6 Å². The lowest BCUT2D eigenvalue weighted by Gasteiger charge is -2.69. The van der Waals surface area contributed by atoms with E-state index in [2.05, 4.69) is 33.8 Å². The fourth-order valence-corrected chi connectivity index (χ4v) is 14.6. The highest BCUT2D eigenvalue weighted by atomic mass is 16.8. The molecule has 3 aliphatic heterocycles. The maximum atomic E-state index is 12.6. The molecule has 0 spiro atoms. The van der Waals surface area contributed by atoms with Crippen LogP contribution in [0.4, 0.5) is 0 Å². The second-order valence-electron chi connectivity index (χ2n) is 22.4. The summed E-state index contributed by atoms with van der Waals surface area (Å²) in [4.78, 5) is 0. The third kappa shape index (κ3) is 8.93. The highest BCUT2D eigenvalue weighted by molar-refractivity contribution is 5.18. The molecule has 4 aliphatic carbocycles. The van der Waals surface area contributed by atoms with Gasteiger partial charge in [-0.2, -0.15) is 0 Å². The zero-order valence-electron chi connectivity index (χ0n) is 38.9. The molecule has 4 saturated carbocycles. The van der Waals surface area contributed by atoms with Gasteiger partial charge in [-0.05, 0) is 125 Å². The number of ether oxygens (including phenoxy) is 6. The predicted octanol–water partition coefficient (Wildman–Crippen LogP) is 0.611. The van der Waals surface area contributed by atoms with Gasteiger partial charge < -0.3 is 84.6 Å². The van der Waals surface area contributed by atoms with Crippen LogP contribution in [-0.4, -0.2) is 179 Å². The van der Waals surface area contributed by atoms with Crippen molar-refractivity contribution in [1.82, 2.24) is 0 Å². The molecule has 64 heavy (non-hydrogen) atoms. The average molecular weight is 917 g/mol. The molecule has 0 bridgehead atoms. The van der Waals surface area contributed by atoms with Crippen LogP contribution < -0.4 is 0 Å². The number of fused-ring (bicyclic) bond motifs is 5. The first-order chi connectivity index (χ1) is 29.9. The van der Waals surface area contributed by atoms with Crippen LogP contribution in [0.25, 0.3) is 0 Å². The van der Waals surface area contributed by atoms with Crippen LogP contribution in [0.1, 0.15) is 113 Å². The minimum atomic E-state index is -1.71. The molecule has 0 radical (unpaired) electrons. The summed E-state index contributed by atoms with van der Waals surface area (Å²) in [6, 6.07) is 0. The number of hydrogen-bond acceptors (Lipinski definition) is 17. The minimum absolute atomic E-state index is 0.0292. The monoisotopic (exact) mass is 917 g/mol. The molecule has 0 aromatic carbocycles. The van der Waals surface area contributed by atoms with Crippen molar-refractivity contribution in [3.05, 3.63) is 11.6 Å². The Morgan fingerprint density at radius 3 is 1.95 bits per heavy atom. The Bertz CT molecular complexity index is 1610. The lowest BCUT2D eigenvalue weighted by Crippen LogP contribution is -2.68. The number of allylic oxidation sites excluding steroid dienone is 2. The number of aliphatic hydroxyl groups is 11. The summed E-state index contributed by atoms with van der Waals surface area (Å²) in [6.07, 6.45) is -14.5. The molecule has 0 aromatic heterocycles. The van der Waals surface area contributed by atoms with Crippen molar-refractivity contribution in [2.45, 2.75) is 223 Å². The number of aliphatic hydroxyl groups excluding tert-OH is 11. The first-order valence-electron chi connectivity index (χ1n) is 23.9. The molecule has 17 nitrogen and oxygen atoms in total. The second-order valence-corrected chi connectivity index (χ2v) is 22.4. The van der Waals surface area contributed by atoms with Gasteiger partial charge >= 0.3 is 0 Å². The maximum absolute atomic E-state index is 12.6. The van der Waals surface area contributed by atoms with Crippen LogP contribution in [-0.2, 0) is 28.4 Å². The predicted molar refractivity (Wildman–Crippen MR) is 228 cm³/mol. The van der Waals surface area contributed by atoms with Crippen molar-refractivity contribution in [1.29, 1.82) is 0 Å². The molecule has 11 N–H and O–H groups in total. The summed E-state index contributed by atoms with van der Waals surface area (Å²) in [5, 5.41) is 120. The zero-order chi connectivity index (χ0) is 47.0. The van der Waals surface area contributed by atoms with E-state index in [0.717, 1.165) is 31.3 Å². The van der Waals surface area contributed by atoms with Crippen LogP contribution in [0.2, 0.25) is 0 Å². The van der Waals surface area contributed by atoms with Crippen LogP contribution in [0.15, 0.2) is 11.6 Å². The molecule has 5 unspecified atom stereocenters. The average Bonchev–Trinajstić information content (AvgIpc) is 3.71. The molecule has 7 rings (SSSR count). The Morgan fingerprint density at radius 2 is 1.31 bits per heavy atom. The number of hydrogen-bond donors (Lipinski definition) is 11. The molecular formula is C47H80O17. The fraction of sp³-hybridized carbons (Fsp3) is 0.957. The molecule has 3 saturated heterocycles. The molecule has 7 fully saturated rings. The van der Waals surface area contributed by atoms with Crippen molar-refractivity contribution in [3.8, 4) is 0 Å². The molecule has 17 heteroatoms. The van der Waals surface area contributed by atoms with E-state index >= 15 is 0 Å². The third-order valence-corrected chi connectivity index (χ3v) is 17.6. The Morgan fingerprint density at radius 1 is 0.703 bits per heavy atom. The van der Waals surface area contributed by atoms with Crippen LogP contribution in [0.5, 0.6) is 0 Å². The van der Waals surface area contributed by atoms with E-state index in [4.69, 9.17) is 28.4 Å². The topological polar surface area (TPSA) is 278 Å². The lowest BCUT2D eigenvalue weighted by molar-refractivity contribution is -0.379. The smallest absolute Gasteiger partial charge is 0.187 e. The van der Waals surface area contributed by atoms with Gasteiger partial charge in [0.1, 0.15) is 67.1 Å².